The predicted molar refractivity (Wildman–Crippen MR) is 77.2 cm³/mol. The molecule has 2 N–H and O–H groups in total. The van der Waals surface area contributed by atoms with Crippen molar-refractivity contribution in [3.05, 3.63) is 26.9 Å². The number of carboxylic acid groups (broad SMARTS) is 1. The van der Waals surface area contributed by atoms with Gasteiger partial charge in [0, 0.05) is 25.8 Å². The van der Waals surface area contributed by atoms with Crippen LogP contribution in [0, 0.1) is 15.5 Å². The van der Waals surface area contributed by atoms with Crippen LogP contribution >= 0.6 is 15.9 Å². The van der Waals surface area contributed by atoms with E-state index >= 15 is 0 Å². The molecule has 0 unspecified atom stereocenters. The van der Waals surface area contributed by atoms with Gasteiger partial charge in [0.15, 0.2) is 0 Å². The van der Waals surface area contributed by atoms with Gasteiger partial charge in [0.05, 0.1) is 14.8 Å². The molecule has 2 rings (SSSR count). The summed E-state index contributed by atoms with van der Waals surface area (Å²) in [5, 5.41) is 23.0. The van der Waals surface area contributed by atoms with Gasteiger partial charge in [-0.2, -0.15) is 0 Å². The number of anilines is 1. The van der Waals surface area contributed by atoms with Crippen molar-refractivity contribution in [1.29, 1.82) is 0 Å². The zero-order valence-corrected chi connectivity index (χ0v) is 12.6. The van der Waals surface area contributed by atoms with Gasteiger partial charge in [0.25, 0.3) is 5.69 Å². The van der Waals surface area contributed by atoms with Crippen molar-refractivity contribution >= 4 is 33.4 Å². The number of halogens is 1. The fourth-order valence-corrected chi connectivity index (χ4v) is 2.62. The maximum Gasteiger partial charge on any atom is 0.311 e. The first-order chi connectivity index (χ1) is 9.94. The van der Waals surface area contributed by atoms with E-state index in [-0.39, 0.29) is 12.2 Å². The molecule has 0 radical (unpaired) electrons. The maximum absolute atomic E-state index is 11.5. The standard InChI is InChI=1S/C12H14BrN3O5/c13-9-5-8(16(19)20)6-14-10(9)15-7-12(11(17)18)1-3-21-4-2-12/h5-6H,1-4,7H2,(H,14,15)(H,17,18). The summed E-state index contributed by atoms with van der Waals surface area (Å²) in [7, 11) is 0. The molecule has 0 spiro atoms. The summed E-state index contributed by atoms with van der Waals surface area (Å²) in [6, 6.07) is 1.33. The molecule has 9 heteroatoms. The number of nitro groups is 1. The number of ether oxygens (including phenoxy) is 1. The molecule has 1 saturated heterocycles. The number of hydrogen-bond acceptors (Lipinski definition) is 6. The summed E-state index contributed by atoms with van der Waals surface area (Å²) >= 11 is 3.19. The molecule has 1 fully saturated rings. The number of rotatable bonds is 5. The molecule has 0 atom stereocenters. The largest absolute Gasteiger partial charge is 0.481 e. The van der Waals surface area contributed by atoms with Crippen molar-refractivity contribution in [2.75, 3.05) is 25.1 Å². The van der Waals surface area contributed by atoms with Crippen LogP contribution in [0.5, 0.6) is 0 Å². The monoisotopic (exact) mass is 359 g/mol. The number of nitrogens with zero attached hydrogens (tertiary/aromatic N) is 2. The van der Waals surface area contributed by atoms with E-state index in [0.717, 1.165) is 6.20 Å². The molecule has 0 aliphatic carbocycles. The lowest BCUT2D eigenvalue weighted by molar-refractivity contribution is -0.385. The highest BCUT2D eigenvalue weighted by Crippen LogP contribution is 2.32. The first-order valence-corrected chi connectivity index (χ1v) is 7.09. The summed E-state index contributed by atoms with van der Waals surface area (Å²) in [6.45, 7) is 1.00. The smallest absolute Gasteiger partial charge is 0.311 e. The van der Waals surface area contributed by atoms with E-state index in [1.165, 1.54) is 6.07 Å². The Bertz CT molecular complexity index is 560. The van der Waals surface area contributed by atoms with Gasteiger partial charge < -0.3 is 15.2 Å². The molecular weight excluding hydrogens is 346 g/mol. The normalized spacial score (nSPS) is 17.2. The average Bonchev–Trinajstić information content (AvgIpc) is 2.46. The molecular formula is C12H14BrN3O5. The number of carboxylic acids is 1. The number of aromatic nitrogens is 1. The highest BCUT2D eigenvalue weighted by atomic mass is 79.9. The Morgan fingerprint density at radius 3 is 2.76 bits per heavy atom. The lowest BCUT2D eigenvalue weighted by Gasteiger charge is -2.33. The van der Waals surface area contributed by atoms with E-state index < -0.39 is 16.3 Å². The second-order valence-electron chi connectivity index (χ2n) is 4.83. The van der Waals surface area contributed by atoms with Crippen LogP contribution in [0.3, 0.4) is 0 Å². The van der Waals surface area contributed by atoms with Gasteiger partial charge in [-0.25, -0.2) is 4.98 Å². The Hall–Kier alpha value is -1.74. The molecule has 0 saturated carbocycles. The highest BCUT2D eigenvalue weighted by molar-refractivity contribution is 9.10. The number of carbonyl (C=O) groups is 1. The van der Waals surface area contributed by atoms with Crippen molar-refractivity contribution in [3.63, 3.8) is 0 Å². The fourth-order valence-electron chi connectivity index (χ4n) is 2.14. The van der Waals surface area contributed by atoms with E-state index in [0.29, 0.717) is 36.3 Å². The summed E-state index contributed by atoms with van der Waals surface area (Å²) in [5.74, 6) is -0.496. The quantitative estimate of drug-likeness (QED) is 0.610. The molecule has 0 aromatic carbocycles. The lowest BCUT2D eigenvalue weighted by Crippen LogP contribution is -2.42. The van der Waals surface area contributed by atoms with Crippen LogP contribution in [-0.2, 0) is 9.53 Å². The molecule has 0 amide bonds. The molecule has 21 heavy (non-hydrogen) atoms. The third kappa shape index (κ3) is 3.48. The molecule has 0 bridgehead atoms. The highest BCUT2D eigenvalue weighted by Gasteiger charge is 2.40. The van der Waals surface area contributed by atoms with E-state index in [1.807, 2.05) is 0 Å². The molecule has 8 nitrogen and oxygen atoms in total. The summed E-state index contributed by atoms with van der Waals surface area (Å²) < 4.78 is 5.62. The summed E-state index contributed by atoms with van der Waals surface area (Å²) in [4.78, 5) is 25.6. The average molecular weight is 360 g/mol. The first kappa shape index (κ1) is 15.6. The summed E-state index contributed by atoms with van der Waals surface area (Å²) in [5.41, 5.74) is -1.03. The minimum Gasteiger partial charge on any atom is -0.481 e. The van der Waals surface area contributed by atoms with Crippen LogP contribution in [-0.4, -0.2) is 40.7 Å². The Labute approximate surface area is 128 Å². The number of aliphatic carboxylic acids is 1. The van der Waals surface area contributed by atoms with Crippen molar-refractivity contribution in [1.82, 2.24) is 4.98 Å². The maximum atomic E-state index is 11.5. The van der Waals surface area contributed by atoms with Crippen LogP contribution in [0.15, 0.2) is 16.7 Å². The Morgan fingerprint density at radius 1 is 1.57 bits per heavy atom. The molecule has 114 valence electrons. The van der Waals surface area contributed by atoms with E-state index in [9.17, 15) is 20.0 Å². The van der Waals surface area contributed by atoms with Crippen LogP contribution < -0.4 is 5.32 Å². The Balaban J connectivity index is 2.11. The van der Waals surface area contributed by atoms with Crippen LogP contribution in [0.1, 0.15) is 12.8 Å². The second kappa shape index (κ2) is 6.35. The minimum atomic E-state index is -0.902. The van der Waals surface area contributed by atoms with E-state index in [1.54, 1.807) is 0 Å². The van der Waals surface area contributed by atoms with Gasteiger partial charge in [0.1, 0.15) is 12.0 Å². The molecule has 1 aliphatic heterocycles. The van der Waals surface area contributed by atoms with Gasteiger partial charge in [-0.3, -0.25) is 14.9 Å². The number of pyridine rings is 1. The van der Waals surface area contributed by atoms with E-state index in [2.05, 4.69) is 26.2 Å². The van der Waals surface area contributed by atoms with Crippen molar-refractivity contribution < 1.29 is 19.6 Å². The Morgan fingerprint density at radius 2 is 2.24 bits per heavy atom. The van der Waals surface area contributed by atoms with Gasteiger partial charge in [0.2, 0.25) is 0 Å². The van der Waals surface area contributed by atoms with Crippen LogP contribution in [0.25, 0.3) is 0 Å². The number of nitrogens with one attached hydrogen (secondary N) is 1. The molecule has 1 aliphatic rings. The SMILES string of the molecule is O=C(O)C1(CNc2ncc([N+](=O)[O-])cc2Br)CCOCC1. The first-order valence-electron chi connectivity index (χ1n) is 6.29. The van der Waals surface area contributed by atoms with Crippen molar-refractivity contribution in [2.24, 2.45) is 5.41 Å². The lowest BCUT2D eigenvalue weighted by atomic mass is 9.80. The zero-order valence-electron chi connectivity index (χ0n) is 11.0. The fraction of sp³-hybridized carbons (Fsp3) is 0.500. The van der Waals surface area contributed by atoms with Gasteiger partial charge in [-0.05, 0) is 28.8 Å². The minimum absolute atomic E-state index is 0.133. The Kier molecular flexibility index (Phi) is 4.73. The molecule has 1 aromatic rings. The second-order valence-corrected chi connectivity index (χ2v) is 5.69. The summed E-state index contributed by atoms with van der Waals surface area (Å²) in [6.07, 6.45) is 1.96. The van der Waals surface area contributed by atoms with Crippen LogP contribution in [0.2, 0.25) is 0 Å². The van der Waals surface area contributed by atoms with Gasteiger partial charge in [-0.1, -0.05) is 0 Å². The van der Waals surface area contributed by atoms with Gasteiger partial charge in [-0.15, -0.1) is 0 Å². The van der Waals surface area contributed by atoms with E-state index in [4.69, 9.17) is 4.74 Å². The van der Waals surface area contributed by atoms with Crippen molar-refractivity contribution in [3.8, 4) is 0 Å². The topological polar surface area (TPSA) is 115 Å². The van der Waals surface area contributed by atoms with Gasteiger partial charge >= 0.3 is 5.97 Å². The third-order valence-corrected chi connectivity index (χ3v) is 4.14. The third-order valence-electron chi connectivity index (χ3n) is 3.54. The van der Waals surface area contributed by atoms with Crippen molar-refractivity contribution in [2.45, 2.75) is 12.8 Å². The van der Waals surface area contributed by atoms with Crippen LogP contribution in [0.4, 0.5) is 11.5 Å². The predicted octanol–water partition coefficient (Wildman–Crippen LogP) is 2.05. The molecule has 1 aromatic heterocycles. The number of hydrogen-bond donors (Lipinski definition) is 2. The molecule has 2 heterocycles. The zero-order chi connectivity index (χ0) is 15.5.